The van der Waals surface area contributed by atoms with Crippen molar-refractivity contribution in [2.45, 2.75) is 44.9 Å². The lowest BCUT2D eigenvalue weighted by Gasteiger charge is -2.44. The maximum absolute atomic E-state index is 11.6. The molecular formula is C27H36N6O2. The molecule has 2 aromatic rings. The molecule has 0 unspecified atom stereocenters. The average molecular weight is 477 g/mol. The molecule has 5 rings (SSSR count). The zero-order chi connectivity index (χ0) is 24.4. The molecule has 1 aromatic heterocycles. The van der Waals surface area contributed by atoms with Gasteiger partial charge >= 0.3 is 0 Å². The molecule has 1 amide bonds. The van der Waals surface area contributed by atoms with Crippen LogP contribution in [0.3, 0.4) is 0 Å². The third-order valence-corrected chi connectivity index (χ3v) is 7.83. The summed E-state index contributed by atoms with van der Waals surface area (Å²) in [4.78, 5) is 25.7. The first-order valence-corrected chi connectivity index (χ1v) is 12.9. The van der Waals surface area contributed by atoms with Crippen LogP contribution in [-0.2, 0) is 9.53 Å². The van der Waals surface area contributed by atoms with Gasteiger partial charge in [-0.2, -0.15) is 5.26 Å². The van der Waals surface area contributed by atoms with E-state index in [1.807, 2.05) is 17.0 Å². The number of piperidine rings is 1. The molecule has 3 aliphatic rings. The second kappa shape index (κ2) is 10.5. The number of morpholine rings is 1. The Hall–Kier alpha value is -2.73. The van der Waals surface area contributed by atoms with Crippen molar-refractivity contribution in [3.63, 3.8) is 0 Å². The quantitative estimate of drug-likeness (QED) is 0.670. The number of amides is 1. The van der Waals surface area contributed by atoms with E-state index in [1.54, 1.807) is 13.1 Å². The van der Waals surface area contributed by atoms with Crippen LogP contribution in [0.25, 0.3) is 10.9 Å². The molecule has 1 aromatic carbocycles. The number of pyridine rings is 1. The van der Waals surface area contributed by atoms with E-state index in [2.05, 4.69) is 44.8 Å². The first kappa shape index (κ1) is 24.0. The molecular weight excluding hydrogens is 440 g/mol. The standard InChI is InChI=1S/C27H36N6O2/c1-20-17-33(26-6-5-22(16-28)27-25(26)4-3-9-29-27)19-24(35-20)18-30-12-14-32(15-13-30)23-7-10-31(11-8-23)21(2)34/h3-6,9,20,23-24H,7-8,10-15,17-19H2,1-2H3/t20-,24+/m1/s1. The third-order valence-electron chi connectivity index (χ3n) is 7.83. The van der Waals surface area contributed by atoms with Crippen molar-refractivity contribution in [2.24, 2.45) is 0 Å². The molecule has 2 atom stereocenters. The monoisotopic (exact) mass is 476 g/mol. The van der Waals surface area contributed by atoms with Crippen LogP contribution in [0.1, 0.15) is 32.3 Å². The number of benzene rings is 1. The van der Waals surface area contributed by atoms with E-state index in [4.69, 9.17) is 4.74 Å². The average Bonchev–Trinajstić information content (AvgIpc) is 2.88. The van der Waals surface area contributed by atoms with E-state index in [0.717, 1.165) is 88.3 Å². The number of nitriles is 1. The zero-order valence-corrected chi connectivity index (χ0v) is 20.9. The molecule has 8 nitrogen and oxygen atoms in total. The molecule has 8 heteroatoms. The Kier molecular flexibility index (Phi) is 7.19. The van der Waals surface area contributed by atoms with Crippen molar-refractivity contribution in [3.8, 4) is 6.07 Å². The van der Waals surface area contributed by atoms with Crippen LogP contribution in [0.15, 0.2) is 30.5 Å². The van der Waals surface area contributed by atoms with E-state index in [-0.39, 0.29) is 18.1 Å². The first-order chi connectivity index (χ1) is 17.0. The van der Waals surface area contributed by atoms with Crippen molar-refractivity contribution in [2.75, 3.05) is 63.8 Å². The highest BCUT2D eigenvalue weighted by atomic mass is 16.5. The molecule has 186 valence electrons. The van der Waals surface area contributed by atoms with Crippen LogP contribution in [0.2, 0.25) is 0 Å². The second-order valence-electron chi connectivity index (χ2n) is 10.2. The van der Waals surface area contributed by atoms with E-state index < -0.39 is 0 Å². The number of aromatic nitrogens is 1. The van der Waals surface area contributed by atoms with Gasteiger partial charge in [-0.25, -0.2) is 0 Å². The molecule has 3 aliphatic heterocycles. The Bertz CT molecular complexity index is 1080. The number of fused-ring (bicyclic) bond motifs is 1. The lowest BCUT2D eigenvalue weighted by Crippen LogP contribution is -2.56. The van der Waals surface area contributed by atoms with Gasteiger partial charge in [0.25, 0.3) is 0 Å². The largest absolute Gasteiger partial charge is 0.370 e. The summed E-state index contributed by atoms with van der Waals surface area (Å²) >= 11 is 0. The van der Waals surface area contributed by atoms with Gasteiger partial charge in [0, 0.05) is 89.1 Å². The van der Waals surface area contributed by atoms with Crippen LogP contribution in [-0.4, -0.2) is 103 Å². The molecule has 3 fully saturated rings. The molecule has 0 radical (unpaired) electrons. The highest BCUT2D eigenvalue weighted by Gasteiger charge is 2.31. The maximum Gasteiger partial charge on any atom is 0.219 e. The van der Waals surface area contributed by atoms with Crippen LogP contribution >= 0.6 is 0 Å². The lowest BCUT2D eigenvalue weighted by molar-refractivity contribution is -0.130. The second-order valence-corrected chi connectivity index (χ2v) is 10.2. The van der Waals surface area contributed by atoms with Crippen LogP contribution in [0.5, 0.6) is 0 Å². The number of hydrogen-bond donors (Lipinski definition) is 0. The minimum Gasteiger partial charge on any atom is -0.370 e. The SMILES string of the molecule is CC(=O)N1CCC(N2CCN(C[C@H]3CN(c4ccc(C#N)c5ncccc45)C[C@@H](C)O3)CC2)CC1. The number of nitrogens with zero attached hydrogens (tertiary/aromatic N) is 6. The third kappa shape index (κ3) is 5.27. The fourth-order valence-electron chi connectivity index (χ4n) is 6.01. The summed E-state index contributed by atoms with van der Waals surface area (Å²) in [6.07, 6.45) is 4.22. The molecule has 35 heavy (non-hydrogen) atoms. The van der Waals surface area contributed by atoms with E-state index in [1.165, 1.54) is 0 Å². The van der Waals surface area contributed by atoms with Gasteiger partial charge in [0.05, 0.1) is 23.3 Å². The fraction of sp³-hybridized carbons (Fsp3) is 0.593. The summed E-state index contributed by atoms with van der Waals surface area (Å²) in [6, 6.07) is 10.8. The van der Waals surface area contributed by atoms with Crippen molar-refractivity contribution in [3.05, 3.63) is 36.0 Å². The normalized spacial score (nSPS) is 25.1. The number of ether oxygens (including phenoxy) is 1. The van der Waals surface area contributed by atoms with Crippen molar-refractivity contribution in [1.29, 1.82) is 5.26 Å². The molecule has 0 aliphatic carbocycles. The van der Waals surface area contributed by atoms with Gasteiger partial charge in [-0.3, -0.25) is 19.6 Å². The summed E-state index contributed by atoms with van der Waals surface area (Å²) in [7, 11) is 0. The predicted octanol–water partition coefficient (Wildman–Crippen LogP) is 2.33. The number of carbonyl (C=O) groups excluding carboxylic acids is 1. The van der Waals surface area contributed by atoms with Crippen molar-refractivity contribution >= 4 is 22.5 Å². The van der Waals surface area contributed by atoms with Gasteiger partial charge in [-0.1, -0.05) is 0 Å². The van der Waals surface area contributed by atoms with Gasteiger partial charge in [-0.05, 0) is 44.0 Å². The van der Waals surface area contributed by atoms with Gasteiger partial charge in [0.1, 0.15) is 6.07 Å². The number of hydrogen-bond acceptors (Lipinski definition) is 7. The summed E-state index contributed by atoms with van der Waals surface area (Å²) in [6.45, 7) is 12.5. The number of anilines is 1. The smallest absolute Gasteiger partial charge is 0.219 e. The molecule has 3 saturated heterocycles. The van der Waals surface area contributed by atoms with E-state index in [9.17, 15) is 10.1 Å². The van der Waals surface area contributed by atoms with E-state index >= 15 is 0 Å². The van der Waals surface area contributed by atoms with Crippen LogP contribution < -0.4 is 4.90 Å². The Morgan fingerprint density at radius 1 is 1.11 bits per heavy atom. The minimum absolute atomic E-state index is 0.142. The number of piperazine rings is 1. The first-order valence-electron chi connectivity index (χ1n) is 12.9. The summed E-state index contributed by atoms with van der Waals surface area (Å²) in [5.41, 5.74) is 2.52. The Balaban J connectivity index is 1.19. The van der Waals surface area contributed by atoms with Crippen LogP contribution in [0, 0.1) is 11.3 Å². The summed E-state index contributed by atoms with van der Waals surface area (Å²) < 4.78 is 6.37. The Morgan fingerprint density at radius 2 is 1.89 bits per heavy atom. The maximum atomic E-state index is 11.6. The minimum atomic E-state index is 0.142. The highest BCUT2D eigenvalue weighted by molar-refractivity contribution is 5.95. The summed E-state index contributed by atoms with van der Waals surface area (Å²) in [5, 5.41) is 10.5. The van der Waals surface area contributed by atoms with Crippen molar-refractivity contribution in [1.82, 2.24) is 19.7 Å². The highest BCUT2D eigenvalue weighted by Crippen LogP contribution is 2.30. The molecule has 0 bridgehead atoms. The number of likely N-dealkylation sites (tertiary alicyclic amines) is 1. The summed E-state index contributed by atoms with van der Waals surface area (Å²) in [5.74, 6) is 0.203. The zero-order valence-electron chi connectivity index (χ0n) is 20.9. The number of carbonyl (C=O) groups is 1. The van der Waals surface area contributed by atoms with Crippen LogP contribution in [0.4, 0.5) is 5.69 Å². The molecule has 0 saturated carbocycles. The van der Waals surface area contributed by atoms with Gasteiger partial charge in [-0.15, -0.1) is 0 Å². The topological polar surface area (TPSA) is 75.9 Å². The number of rotatable bonds is 4. The molecule has 0 spiro atoms. The van der Waals surface area contributed by atoms with Gasteiger partial charge < -0.3 is 14.5 Å². The van der Waals surface area contributed by atoms with Crippen molar-refractivity contribution < 1.29 is 9.53 Å². The van der Waals surface area contributed by atoms with Gasteiger partial charge in [0.15, 0.2) is 0 Å². The predicted molar refractivity (Wildman–Crippen MR) is 136 cm³/mol. The fourth-order valence-corrected chi connectivity index (χ4v) is 6.01. The Labute approximate surface area is 208 Å². The van der Waals surface area contributed by atoms with Gasteiger partial charge in [0.2, 0.25) is 5.91 Å². The Morgan fingerprint density at radius 3 is 2.60 bits per heavy atom. The lowest BCUT2D eigenvalue weighted by atomic mass is 10.0. The molecule has 4 heterocycles. The molecule has 0 N–H and O–H groups in total. The van der Waals surface area contributed by atoms with E-state index in [0.29, 0.717) is 11.6 Å².